The highest BCUT2D eigenvalue weighted by atomic mass is 35.5. The number of carbonyl (C=O) groups excluding carboxylic acids is 2. The fraction of sp³-hybridized carbons (Fsp3) is 0.346. The summed E-state index contributed by atoms with van der Waals surface area (Å²) >= 11 is 5.92. The molecule has 0 aliphatic rings. The summed E-state index contributed by atoms with van der Waals surface area (Å²) in [5.74, 6) is 0.192. The van der Waals surface area contributed by atoms with Crippen LogP contribution in [-0.2, 0) is 14.9 Å². The Hall–Kier alpha value is -3.36. The lowest BCUT2D eigenvalue weighted by Gasteiger charge is -2.22. The largest absolute Gasteiger partial charge is 0.383 e. The van der Waals surface area contributed by atoms with Crippen LogP contribution in [0, 0.1) is 6.92 Å². The zero-order chi connectivity index (χ0) is 25.6. The van der Waals surface area contributed by atoms with Crippen molar-refractivity contribution in [1.29, 1.82) is 0 Å². The molecule has 8 nitrogen and oxygen atoms in total. The monoisotopic (exact) mass is 497 g/mol. The van der Waals surface area contributed by atoms with Gasteiger partial charge < -0.3 is 20.3 Å². The minimum absolute atomic E-state index is 0.160. The first-order valence-electron chi connectivity index (χ1n) is 11.3. The van der Waals surface area contributed by atoms with E-state index < -0.39 is 6.03 Å². The van der Waals surface area contributed by atoms with E-state index in [0.29, 0.717) is 16.5 Å². The number of nitrogens with one attached hydrogen (secondary N) is 2. The van der Waals surface area contributed by atoms with Crippen LogP contribution in [0.5, 0.6) is 0 Å². The standard InChI is InChI=1S/C26H32ClN5O3/c1-18-7-6-8-21(15-18)32-23(16-22(30-32)26(2,3)4)29-24(33)17-31(13-14-35-5)25(34)28-20-11-9-19(27)10-12-20/h6-12,15-16H,13-14,17H2,1-5H3,(H,28,34)(H,29,33). The molecular formula is C26H32ClN5O3. The van der Waals surface area contributed by atoms with Gasteiger partial charge in [-0.25, -0.2) is 9.48 Å². The minimum atomic E-state index is -0.415. The molecule has 1 heterocycles. The zero-order valence-corrected chi connectivity index (χ0v) is 21.5. The molecule has 0 aliphatic carbocycles. The smallest absolute Gasteiger partial charge is 0.322 e. The van der Waals surface area contributed by atoms with Crippen molar-refractivity contribution in [3.8, 4) is 5.69 Å². The van der Waals surface area contributed by atoms with Gasteiger partial charge in [0.05, 0.1) is 18.0 Å². The van der Waals surface area contributed by atoms with Gasteiger partial charge in [0.2, 0.25) is 5.91 Å². The van der Waals surface area contributed by atoms with E-state index in [1.807, 2.05) is 37.3 Å². The fourth-order valence-electron chi connectivity index (χ4n) is 3.34. The van der Waals surface area contributed by atoms with E-state index in [0.717, 1.165) is 16.9 Å². The Kier molecular flexibility index (Phi) is 8.53. The summed E-state index contributed by atoms with van der Waals surface area (Å²) < 4.78 is 6.85. The van der Waals surface area contributed by atoms with Gasteiger partial charge in [-0.3, -0.25) is 4.79 Å². The molecule has 2 N–H and O–H groups in total. The Morgan fingerprint density at radius 1 is 1.09 bits per heavy atom. The second-order valence-electron chi connectivity index (χ2n) is 9.32. The Balaban J connectivity index is 1.80. The number of urea groups is 1. The van der Waals surface area contributed by atoms with Gasteiger partial charge in [0.25, 0.3) is 0 Å². The second kappa shape index (κ2) is 11.4. The first kappa shape index (κ1) is 26.2. The molecule has 0 spiro atoms. The number of ether oxygens (including phenoxy) is 1. The van der Waals surface area contributed by atoms with Gasteiger partial charge in [0.15, 0.2) is 0 Å². The lowest BCUT2D eigenvalue weighted by atomic mass is 9.92. The summed E-state index contributed by atoms with van der Waals surface area (Å²) in [5, 5.41) is 11.0. The van der Waals surface area contributed by atoms with Gasteiger partial charge in [-0.1, -0.05) is 44.5 Å². The van der Waals surface area contributed by atoms with Crippen molar-refractivity contribution in [3.05, 3.63) is 70.9 Å². The summed E-state index contributed by atoms with van der Waals surface area (Å²) in [6.07, 6.45) is 0. The number of aryl methyl sites for hydroxylation is 1. The van der Waals surface area contributed by atoms with E-state index in [4.69, 9.17) is 21.4 Å². The number of benzene rings is 2. The number of anilines is 2. The van der Waals surface area contributed by atoms with Crippen molar-refractivity contribution in [3.63, 3.8) is 0 Å². The van der Waals surface area contributed by atoms with Crippen LogP contribution in [0.1, 0.15) is 32.0 Å². The first-order chi connectivity index (χ1) is 16.6. The lowest BCUT2D eigenvalue weighted by Crippen LogP contribution is -2.42. The number of aromatic nitrogens is 2. The van der Waals surface area contributed by atoms with Gasteiger partial charge in [-0.15, -0.1) is 0 Å². The molecule has 0 fully saturated rings. The zero-order valence-electron chi connectivity index (χ0n) is 20.8. The summed E-state index contributed by atoms with van der Waals surface area (Å²) in [7, 11) is 1.55. The molecule has 0 aliphatic heterocycles. The second-order valence-corrected chi connectivity index (χ2v) is 9.75. The third-order valence-corrected chi connectivity index (χ3v) is 5.53. The molecule has 3 rings (SSSR count). The molecule has 0 bridgehead atoms. The minimum Gasteiger partial charge on any atom is -0.383 e. The Morgan fingerprint density at radius 3 is 2.43 bits per heavy atom. The maximum Gasteiger partial charge on any atom is 0.322 e. The van der Waals surface area contributed by atoms with Crippen molar-refractivity contribution >= 4 is 35.0 Å². The highest BCUT2D eigenvalue weighted by Gasteiger charge is 2.23. The van der Waals surface area contributed by atoms with Crippen molar-refractivity contribution < 1.29 is 14.3 Å². The number of hydrogen-bond acceptors (Lipinski definition) is 4. The van der Waals surface area contributed by atoms with Gasteiger partial charge in [-0.05, 0) is 48.9 Å². The van der Waals surface area contributed by atoms with E-state index in [1.165, 1.54) is 4.90 Å². The summed E-state index contributed by atoms with van der Waals surface area (Å²) in [6, 6.07) is 16.1. The van der Waals surface area contributed by atoms with E-state index in [-0.39, 0.29) is 31.0 Å². The van der Waals surface area contributed by atoms with E-state index in [2.05, 4.69) is 31.4 Å². The van der Waals surface area contributed by atoms with Crippen LogP contribution < -0.4 is 10.6 Å². The number of amides is 3. The maximum atomic E-state index is 13.1. The molecule has 9 heteroatoms. The highest BCUT2D eigenvalue weighted by molar-refractivity contribution is 6.30. The molecule has 0 unspecified atom stereocenters. The summed E-state index contributed by atoms with van der Waals surface area (Å²) in [4.78, 5) is 27.3. The normalized spacial score (nSPS) is 11.3. The van der Waals surface area contributed by atoms with E-state index in [1.54, 1.807) is 36.1 Å². The predicted octanol–water partition coefficient (Wildman–Crippen LogP) is 5.25. The fourth-order valence-corrected chi connectivity index (χ4v) is 3.46. The van der Waals surface area contributed by atoms with Crippen molar-refractivity contribution in [2.24, 2.45) is 0 Å². The summed E-state index contributed by atoms with van der Waals surface area (Å²) in [6.45, 7) is 8.57. The molecule has 2 aromatic carbocycles. The average Bonchev–Trinajstić information content (AvgIpc) is 3.22. The number of hydrogen-bond donors (Lipinski definition) is 2. The SMILES string of the molecule is COCCN(CC(=O)Nc1cc(C(C)(C)C)nn1-c1cccc(C)c1)C(=O)Nc1ccc(Cl)cc1. The Morgan fingerprint density at radius 2 is 1.80 bits per heavy atom. The topological polar surface area (TPSA) is 88.5 Å². The van der Waals surface area contributed by atoms with Gasteiger partial charge in [-0.2, -0.15) is 5.10 Å². The van der Waals surface area contributed by atoms with Gasteiger partial charge >= 0.3 is 6.03 Å². The predicted molar refractivity (Wildman–Crippen MR) is 140 cm³/mol. The van der Waals surface area contributed by atoms with Crippen molar-refractivity contribution in [2.45, 2.75) is 33.1 Å². The molecule has 0 saturated heterocycles. The van der Waals surface area contributed by atoms with Crippen LogP contribution in [0.4, 0.5) is 16.3 Å². The molecule has 35 heavy (non-hydrogen) atoms. The summed E-state index contributed by atoms with van der Waals surface area (Å²) in [5.41, 5.74) is 3.13. The van der Waals surface area contributed by atoms with Gasteiger partial charge in [0.1, 0.15) is 12.4 Å². The van der Waals surface area contributed by atoms with Gasteiger partial charge in [0, 0.05) is 35.8 Å². The van der Waals surface area contributed by atoms with E-state index >= 15 is 0 Å². The first-order valence-corrected chi connectivity index (χ1v) is 11.7. The average molecular weight is 498 g/mol. The maximum absolute atomic E-state index is 13.1. The quantitative estimate of drug-likeness (QED) is 0.445. The number of nitrogens with zero attached hydrogens (tertiary/aromatic N) is 3. The van der Waals surface area contributed by atoms with Crippen LogP contribution >= 0.6 is 11.6 Å². The third-order valence-electron chi connectivity index (χ3n) is 5.27. The van der Waals surface area contributed by atoms with Crippen LogP contribution in [-0.4, -0.2) is 53.4 Å². The molecule has 1 aromatic heterocycles. The Labute approximate surface area is 211 Å². The number of carbonyl (C=O) groups is 2. The Bertz CT molecular complexity index is 1170. The van der Waals surface area contributed by atoms with Crippen LogP contribution in [0.3, 0.4) is 0 Å². The number of rotatable bonds is 8. The van der Waals surface area contributed by atoms with Crippen molar-refractivity contribution in [2.75, 3.05) is 37.4 Å². The van der Waals surface area contributed by atoms with Crippen LogP contribution in [0.15, 0.2) is 54.6 Å². The molecule has 186 valence electrons. The molecule has 0 atom stereocenters. The molecular weight excluding hydrogens is 466 g/mol. The van der Waals surface area contributed by atoms with E-state index in [9.17, 15) is 9.59 Å². The van der Waals surface area contributed by atoms with Crippen LogP contribution in [0.25, 0.3) is 5.69 Å². The van der Waals surface area contributed by atoms with Crippen molar-refractivity contribution in [1.82, 2.24) is 14.7 Å². The molecule has 3 amide bonds. The van der Waals surface area contributed by atoms with Crippen LogP contribution in [0.2, 0.25) is 5.02 Å². The number of methoxy groups -OCH3 is 1. The highest BCUT2D eigenvalue weighted by Crippen LogP contribution is 2.26. The number of halogens is 1. The molecule has 0 radical (unpaired) electrons. The molecule has 3 aromatic rings. The molecule has 0 saturated carbocycles. The third kappa shape index (κ3) is 7.31. The lowest BCUT2D eigenvalue weighted by molar-refractivity contribution is -0.116.